The van der Waals surface area contributed by atoms with Crippen LogP contribution in [0.15, 0.2) is 72.8 Å². The molecule has 3 aromatic rings. The number of anilines is 1. The van der Waals surface area contributed by atoms with Crippen molar-refractivity contribution in [3.05, 3.63) is 95.1 Å². The molecule has 0 fully saturated rings. The first-order valence-corrected chi connectivity index (χ1v) is 9.29. The van der Waals surface area contributed by atoms with E-state index in [0.717, 1.165) is 22.4 Å². The Morgan fingerprint density at radius 3 is 2.34 bits per heavy atom. The first kappa shape index (κ1) is 20.1. The molecule has 1 amide bonds. The third kappa shape index (κ3) is 5.69. The maximum Gasteiger partial charge on any atom is 0.310 e. The first-order valence-electron chi connectivity index (χ1n) is 9.29. The molecule has 0 aliphatic carbocycles. The van der Waals surface area contributed by atoms with E-state index in [4.69, 9.17) is 9.47 Å². The van der Waals surface area contributed by atoms with E-state index in [1.165, 1.54) is 0 Å². The van der Waals surface area contributed by atoms with Crippen LogP contribution in [-0.2, 0) is 22.6 Å². The topological polar surface area (TPSA) is 64.6 Å². The molecule has 0 saturated carbocycles. The third-order valence-electron chi connectivity index (χ3n) is 4.42. The highest BCUT2D eigenvalue weighted by atomic mass is 16.5. The SMILES string of the molecule is COc1ccc(C)cc1CC(=O)OCc1ccc(C(=O)Nc2ccccc2)cc1. The van der Waals surface area contributed by atoms with Crippen LogP contribution in [0.5, 0.6) is 5.75 Å². The van der Waals surface area contributed by atoms with Gasteiger partial charge in [-0.3, -0.25) is 9.59 Å². The molecule has 0 radical (unpaired) electrons. The third-order valence-corrected chi connectivity index (χ3v) is 4.42. The van der Waals surface area contributed by atoms with Gasteiger partial charge in [0.1, 0.15) is 12.4 Å². The van der Waals surface area contributed by atoms with Crippen LogP contribution in [-0.4, -0.2) is 19.0 Å². The van der Waals surface area contributed by atoms with E-state index >= 15 is 0 Å². The highest BCUT2D eigenvalue weighted by Crippen LogP contribution is 2.20. The normalized spacial score (nSPS) is 10.3. The van der Waals surface area contributed by atoms with Gasteiger partial charge in [-0.2, -0.15) is 0 Å². The number of rotatable bonds is 7. The molecule has 0 unspecified atom stereocenters. The summed E-state index contributed by atoms with van der Waals surface area (Å²) in [6.07, 6.45) is 0.141. The largest absolute Gasteiger partial charge is 0.496 e. The van der Waals surface area contributed by atoms with Gasteiger partial charge in [0, 0.05) is 16.8 Å². The van der Waals surface area contributed by atoms with Crippen LogP contribution >= 0.6 is 0 Å². The molecular formula is C24H23NO4. The van der Waals surface area contributed by atoms with Crippen molar-refractivity contribution < 1.29 is 19.1 Å². The van der Waals surface area contributed by atoms with Crippen molar-refractivity contribution in [3.63, 3.8) is 0 Å². The molecule has 148 valence electrons. The number of hydrogen-bond donors (Lipinski definition) is 1. The van der Waals surface area contributed by atoms with Gasteiger partial charge in [-0.15, -0.1) is 0 Å². The fourth-order valence-corrected chi connectivity index (χ4v) is 2.89. The lowest BCUT2D eigenvalue weighted by Crippen LogP contribution is -2.12. The molecule has 0 aromatic heterocycles. The zero-order chi connectivity index (χ0) is 20.6. The number of benzene rings is 3. The maximum atomic E-state index is 12.3. The van der Waals surface area contributed by atoms with Crippen LogP contribution in [0.25, 0.3) is 0 Å². The summed E-state index contributed by atoms with van der Waals surface area (Å²) in [4.78, 5) is 24.5. The molecule has 0 aliphatic rings. The van der Waals surface area contributed by atoms with Gasteiger partial charge >= 0.3 is 5.97 Å². The molecular weight excluding hydrogens is 366 g/mol. The van der Waals surface area contributed by atoms with Crippen molar-refractivity contribution in [2.75, 3.05) is 12.4 Å². The summed E-state index contributed by atoms with van der Waals surface area (Å²) in [5.41, 5.74) is 3.93. The van der Waals surface area contributed by atoms with E-state index < -0.39 is 0 Å². The fourth-order valence-electron chi connectivity index (χ4n) is 2.89. The number of ether oxygens (including phenoxy) is 2. The summed E-state index contributed by atoms with van der Waals surface area (Å²) in [6.45, 7) is 2.11. The Morgan fingerprint density at radius 2 is 1.66 bits per heavy atom. The Kier molecular flexibility index (Phi) is 6.63. The molecule has 3 rings (SSSR count). The predicted octanol–water partition coefficient (Wildman–Crippen LogP) is 4.54. The highest BCUT2D eigenvalue weighted by molar-refractivity contribution is 6.04. The van der Waals surface area contributed by atoms with Gasteiger partial charge in [-0.05, 0) is 42.8 Å². The van der Waals surface area contributed by atoms with Crippen LogP contribution in [0, 0.1) is 6.92 Å². The molecule has 0 bridgehead atoms. The van der Waals surface area contributed by atoms with Gasteiger partial charge in [0.05, 0.1) is 13.5 Å². The van der Waals surface area contributed by atoms with Crippen LogP contribution in [0.1, 0.15) is 27.0 Å². The van der Waals surface area contributed by atoms with E-state index in [1.807, 2.05) is 55.5 Å². The summed E-state index contributed by atoms with van der Waals surface area (Å²) in [6, 6.07) is 21.9. The summed E-state index contributed by atoms with van der Waals surface area (Å²) in [5, 5.41) is 2.83. The molecule has 0 aliphatic heterocycles. The van der Waals surface area contributed by atoms with Crippen LogP contribution in [0.4, 0.5) is 5.69 Å². The zero-order valence-electron chi connectivity index (χ0n) is 16.5. The molecule has 0 atom stereocenters. The van der Waals surface area contributed by atoms with Gasteiger partial charge in [0.2, 0.25) is 0 Å². The summed E-state index contributed by atoms with van der Waals surface area (Å²) in [7, 11) is 1.58. The van der Waals surface area contributed by atoms with Crippen molar-refractivity contribution in [2.24, 2.45) is 0 Å². The molecule has 0 heterocycles. The second kappa shape index (κ2) is 9.55. The number of hydrogen-bond acceptors (Lipinski definition) is 4. The Morgan fingerprint density at radius 1 is 0.931 bits per heavy atom. The fraction of sp³-hybridized carbons (Fsp3) is 0.167. The van der Waals surface area contributed by atoms with Crippen molar-refractivity contribution >= 4 is 17.6 Å². The van der Waals surface area contributed by atoms with Crippen molar-refractivity contribution in [3.8, 4) is 5.75 Å². The van der Waals surface area contributed by atoms with Gasteiger partial charge < -0.3 is 14.8 Å². The minimum Gasteiger partial charge on any atom is -0.496 e. The molecule has 3 aromatic carbocycles. The number of carbonyl (C=O) groups excluding carboxylic acids is 2. The van der Waals surface area contributed by atoms with E-state index in [1.54, 1.807) is 31.4 Å². The number of carbonyl (C=O) groups is 2. The minimum absolute atomic E-state index is 0.141. The lowest BCUT2D eigenvalue weighted by atomic mass is 10.1. The standard InChI is InChI=1S/C24H23NO4/c1-17-8-13-22(28-2)20(14-17)15-23(26)29-16-18-9-11-19(12-10-18)24(27)25-21-6-4-3-5-7-21/h3-14H,15-16H2,1-2H3,(H,25,27). The van der Waals surface area contributed by atoms with E-state index in [0.29, 0.717) is 11.3 Å². The van der Waals surface area contributed by atoms with E-state index in [-0.39, 0.29) is 24.9 Å². The van der Waals surface area contributed by atoms with Gasteiger partial charge in [-0.25, -0.2) is 0 Å². The second-order valence-corrected chi connectivity index (χ2v) is 6.67. The molecule has 29 heavy (non-hydrogen) atoms. The number of esters is 1. The first-order chi connectivity index (χ1) is 14.0. The molecule has 0 spiro atoms. The number of amides is 1. The number of methoxy groups -OCH3 is 1. The Bertz CT molecular complexity index is 982. The summed E-state index contributed by atoms with van der Waals surface area (Å²) in [5.74, 6) is 0.146. The van der Waals surface area contributed by atoms with Gasteiger partial charge in [0.15, 0.2) is 0 Å². The van der Waals surface area contributed by atoms with Crippen LogP contribution < -0.4 is 10.1 Å². The van der Waals surface area contributed by atoms with Crippen molar-refractivity contribution in [1.29, 1.82) is 0 Å². The van der Waals surface area contributed by atoms with Crippen LogP contribution in [0.2, 0.25) is 0 Å². The lowest BCUT2D eigenvalue weighted by molar-refractivity contribution is -0.144. The number of para-hydroxylation sites is 1. The molecule has 5 heteroatoms. The smallest absolute Gasteiger partial charge is 0.310 e. The molecule has 5 nitrogen and oxygen atoms in total. The number of nitrogens with one attached hydrogen (secondary N) is 1. The van der Waals surface area contributed by atoms with E-state index in [2.05, 4.69) is 5.32 Å². The second-order valence-electron chi connectivity index (χ2n) is 6.67. The minimum atomic E-state index is -0.334. The highest BCUT2D eigenvalue weighted by Gasteiger charge is 2.11. The monoisotopic (exact) mass is 389 g/mol. The van der Waals surface area contributed by atoms with Crippen molar-refractivity contribution in [1.82, 2.24) is 0 Å². The maximum absolute atomic E-state index is 12.3. The average Bonchev–Trinajstić information content (AvgIpc) is 2.73. The Labute approximate surface area is 170 Å². The molecule has 0 saturated heterocycles. The summed E-state index contributed by atoms with van der Waals surface area (Å²) < 4.78 is 10.7. The summed E-state index contributed by atoms with van der Waals surface area (Å²) >= 11 is 0. The Hall–Kier alpha value is -3.60. The molecule has 1 N–H and O–H groups in total. The quantitative estimate of drug-likeness (QED) is 0.603. The zero-order valence-corrected chi connectivity index (χ0v) is 16.5. The van der Waals surface area contributed by atoms with E-state index in [9.17, 15) is 9.59 Å². The van der Waals surface area contributed by atoms with Crippen LogP contribution in [0.3, 0.4) is 0 Å². The Balaban J connectivity index is 1.54. The average molecular weight is 389 g/mol. The van der Waals surface area contributed by atoms with Crippen molar-refractivity contribution in [2.45, 2.75) is 20.0 Å². The lowest BCUT2D eigenvalue weighted by Gasteiger charge is -2.10. The predicted molar refractivity (Wildman–Crippen MR) is 112 cm³/mol. The van der Waals surface area contributed by atoms with Gasteiger partial charge in [0.25, 0.3) is 5.91 Å². The number of aryl methyl sites for hydroxylation is 1. The van der Waals surface area contributed by atoms with Gasteiger partial charge in [-0.1, -0.05) is 48.0 Å².